The van der Waals surface area contributed by atoms with E-state index in [0.29, 0.717) is 12.0 Å². The summed E-state index contributed by atoms with van der Waals surface area (Å²) in [5, 5.41) is 3.35. The van der Waals surface area contributed by atoms with Crippen molar-refractivity contribution >= 4 is 5.97 Å². The molecule has 2 fully saturated rings. The van der Waals surface area contributed by atoms with Crippen LogP contribution in [0.5, 0.6) is 0 Å². The largest absolute Gasteiger partial charge is 0.468 e. The minimum atomic E-state index is -0.0523. The average Bonchev–Trinajstić information content (AvgIpc) is 3.14. The van der Waals surface area contributed by atoms with E-state index in [1.54, 1.807) is 0 Å². The molecule has 1 saturated heterocycles. The van der Waals surface area contributed by atoms with Crippen LogP contribution in [0, 0.1) is 5.92 Å². The topological polar surface area (TPSA) is 41.6 Å². The van der Waals surface area contributed by atoms with Crippen LogP contribution >= 0.6 is 0 Å². The van der Waals surface area contributed by atoms with E-state index in [1.165, 1.54) is 20.0 Å². The Balaban J connectivity index is 1.97. The van der Waals surface area contributed by atoms with Gasteiger partial charge in [-0.1, -0.05) is 0 Å². The van der Waals surface area contributed by atoms with Crippen LogP contribution in [0.2, 0.25) is 0 Å². The number of esters is 1. The molecular formula is C12H22N2O2. The second-order valence-corrected chi connectivity index (χ2v) is 4.95. The fraction of sp³-hybridized carbons (Fsp3) is 0.917. The van der Waals surface area contributed by atoms with Gasteiger partial charge in [0.2, 0.25) is 0 Å². The maximum absolute atomic E-state index is 11.8. The second-order valence-electron chi connectivity index (χ2n) is 4.95. The summed E-state index contributed by atoms with van der Waals surface area (Å²) in [6.45, 7) is 2.13. The van der Waals surface area contributed by atoms with E-state index >= 15 is 0 Å². The van der Waals surface area contributed by atoms with E-state index in [1.807, 2.05) is 0 Å². The molecule has 16 heavy (non-hydrogen) atoms. The number of rotatable bonds is 4. The van der Waals surface area contributed by atoms with Crippen LogP contribution in [0.3, 0.4) is 0 Å². The second kappa shape index (κ2) is 5.15. The Hall–Kier alpha value is -0.610. The highest BCUT2D eigenvalue weighted by Crippen LogP contribution is 2.36. The van der Waals surface area contributed by atoms with Gasteiger partial charge in [0, 0.05) is 6.04 Å². The van der Waals surface area contributed by atoms with E-state index in [-0.39, 0.29) is 12.0 Å². The van der Waals surface area contributed by atoms with Crippen LogP contribution in [0.15, 0.2) is 0 Å². The quantitative estimate of drug-likeness (QED) is 0.714. The molecule has 1 aliphatic carbocycles. The van der Waals surface area contributed by atoms with Crippen LogP contribution in [-0.4, -0.2) is 50.2 Å². The molecule has 0 aromatic carbocycles. The van der Waals surface area contributed by atoms with Gasteiger partial charge in [-0.25, -0.2) is 0 Å². The van der Waals surface area contributed by atoms with E-state index in [9.17, 15) is 4.79 Å². The lowest BCUT2D eigenvalue weighted by atomic mass is 10.0. The fourth-order valence-electron chi connectivity index (χ4n) is 2.67. The van der Waals surface area contributed by atoms with E-state index < -0.39 is 0 Å². The molecular weight excluding hydrogens is 204 g/mol. The molecule has 1 aliphatic heterocycles. The number of likely N-dealkylation sites (N-methyl/N-ethyl adjacent to an activating group) is 1. The SMILES string of the molecule is COC(=O)C(C1CC1)N(C)C1CCNCC1. The third kappa shape index (κ3) is 2.55. The molecule has 1 atom stereocenters. The maximum Gasteiger partial charge on any atom is 0.323 e. The molecule has 2 rings (SSSR count). The summed E-state index contributed by atoms with van der Waals surface area (Å²) in [6.07, 6.45) is 4.62. The maximum atomic E-state index is 11.8. The molecule has 0 bridgehead atoms. The Morgan fingerprint density at radius 1 is 1.31 bits per heavy atom. The number of hydrogen-bond donors (Lipinski definition) is 1. The highest BCUT2D eigenvalue weighted by molar-refractivity contribution is 5.76. The molecule has 2 aliphatic rings. The summed E-state index contributed by atoms with van der Waals surface area (Å²) in [5.74, 6) is 0.482. The van der Waals surface area contributed by atoms with Crippen molar-refractivity contribution in [1.82, 2.24) is 10.2 Å². The molecule has 4 nitrogen and oxygen atoms in total. The van der Waals surface area contributed by atoms with Gasteiger partial charge in [0.15, 0.2) is 0 Å². The standard InChI is InChI=1S/C12H22N2O2/c1-14(10-5-7-13-8-6-10)11(9-3-4-9)12(15)16-2/h9-11,13H,3-8H2,1-2H3. The minimum Gasteiger partial charge on any atom is -0.468 e. The van der Waals surface area contributed by atoms with Crippen molar-refractivity contribution < 1.29 is 9.53 Å². The highest BCUT2D eigenvalue weighted by atomic mass is 16.5. The van der Waals surface area contributed by atoms with Gasteiger partial charge in [-0.2, -0.15) is 0 Å². The van der Waals surface area contributed by atoms with Crippen LogP contribution in [0.1, 0.15) is 25.7 Å². The van der Waals surface area contributed by atoms with Gasteiger partial charge in [0.05, 0.1) is 7.11 Å². The summed E-state index contributed by atoms with van der Waals surface area (Å²) in [4.78, 5) is 14.1. The Kier molecular flexibility index (Phi) is 3.82. The van der Waals surface area contributed by atoms with Gasteiger partial charge in [-0.3, -0.25) is 9.69 Å². The van der Waals surface area contributed by atoms with Crippen molar-refractivity contribution in [3.63, 3.8) is 0 Å². The first-order chi connectivity index (χ1) is 7.74. The monoisotopic (exact) mass is 226 g/mol. The first-order valence-corrected chi connectivity index (χ1v) is 6.24. The number of nitrogens with one attached hydrogen (secondary N) is 1. The van der Waals surface area contributed by atoms with Crippen LogP contribution in [0.4, 0.5) is 0 Å². The Morgan fingerprint density at radius 2 is 1.94 bits per heavy atom. The molecule has 92 valence electrons. The molecule has 1 saturated carbocycles. The smallest absolute Gasteiger partial charge is 0.323 e. The van der Waals surface area contributed by atoms with Gasteiger partial charge in [0.25, 0.3) is 0 Å². The first kappa shape index (κ1) is 11.9. The zero-order valence-electron chi connectivity index (χ0n) is 10.2. The van der Waals surface area contributed by atoms with Crippen molar-refractivity contribution in [2.75, 3.05) is 27.2 Å². The third-order valence-electron chi connectivity index (χ3n) is 3.83. The average molecular weight is 226 g/mol. The van der Waals surface area contributed by atoms with Crippen molar-refractivity contribution in [3.8, 4) is 0 Å². The van der Waals surface area contributed by atoms with Crippen molar-refractivity contribution in [2.24, 2.45) is 5.92 Å². The molecule has 0 aromatic rings. The molecule has 0 spiro atoms. The molecule has 1 unspecified atom stereocenters. The van der Waals surface area contributed by atoms with Crippen LogP contribution in [-0.2, 0) is 9.53 Å². The molecule has 0 radical (unpaired) electrons. The predicted octanol–water partition coefficient (Wildman–Crippen LogP) is 0.622. The lowest BCUT2D eigenvalue weighted by molar-refractivity contribution is -0.148. The van der Waals surface area contributed by atoms with Crippen molar-refractivity contribution in [3.05, 3.63) is 0 Å². The summed E-state index contributed by atoms with van der Waals surface area (Å²) >= 11 is 0. The molecule has 0 amide bonds. The zero-order chi connectivity index (χ0) is 11.5. The van der Waals surface area contributed by atoms with Crippen molar-refractivity contribution in [1.29, 1.82) is 0 Å². The lowest BCUT2D eigenvalue weighted by Crippen LogP contribution is -2.50. The van der Waals surface area contributed by atoms with E-state index in [0.717, 1.165) is 25.9 Å². The van der Waals surface area contributed by atoms with Gasteiger partial charge in [-0.15, -0.1) is 0 Å². The molecule has 4 heteroatoms. The van der Waals surface area contributed by atoms with Gasteiger partial charge in [0.1, 0.15) is 6.04 Å². The minimum absolute atomic E-state index is 0.00639. The Labute approximate surface area is 97.3 Å². The van der Waals surface area contributed by atoms with Crippen LogP contribution < -0.4 is 5.32 Å². The Bertz CT molecular complexity index is 247. The van der Waals surface area contributed by atoms with Crippen molar-refractivity contribution in [2.45, 2.75) is 37.8 Å². The highest BCUT2D eigenvalue weighted by Gasteiger charge is 2.41. The van der Waals surface area contributed by atoms with E-state index in [2.05, 4.69) is 17.3 Å². The normalized spacial score (nSPS) is 24.4. The summed E-state index contributed by atoms with van der Waals surface area (Å²) < 4.78 is 4.93. The first-order valence-electron chi connectivity index (χ1n) is 6.24. The zero-order valence-corrected chi connectivity index (χ0v) is 10.2. The van der Waals surface area contributed by atoms with Gasteiger partial charge >= 0.3 is 5.97 Å². The number of carbonyl (C=O) groups excluding carboxylic acids is 1. The number of ether oxygens (including phenoxy) is 1. The molecule has 1 N–H and O–H groups in total. The van der Waals surface area contributed by atoms with Gasteiger partial charge < -0.3 is 10.1 Å². The summed E-state index contributed by atoms with van der Waals surface area (Å²) in [5.41, 5.74) is 0. The summed E-state index contributed by atoms with van der Waals surface area (Å²) in [7, 11) is 3.57. The fourth-order valence-corrected chi connectivity index (χ4v) is 2.67. The molecule has 1 heterocycles. The number of methoxy groups -OCH3 is 1. The number of carbonyl (C=O) groups is 1. The molecule has 0 aromatic heterocycles. The van der Waals surface area contributed by atoms with Crippen LogP contribution in [0.25, 0.3) is 0 Å². The summed E-state index contributed by atoms with van der Waals surface area (Å²) in [6, 6.07) is 0.527. The number of nitrogens with zero attached hydrogens (tertiary/aromatic N) is 1. The van der Waals surface area contributed by atoms with Gasteiger partial charge in [-0.05, 0) is 51.7 Å². The predicted molar refractivity (Wildman–Crippen MR) is 62.2 cm³/mol. The Morgan fingerprint density at radius 3 is 2.44 bits per heavy atom. The number of hydrogen-bond acceptors (Lipinski definition) is 4. The number of piperidine rings is 1. The lowest BCUT2D eigenvalue weighted by Gasteiger charge is -2.36. The van der Waals surface area contributed by atoms with E-state index in [4.69, 9.17) is 4.74 Å². The third-order valence-corrected chi connectivity index (χ3v) is 3.83.